The molecule has 21 heavy (non-hydrogen) atoms. The Morgan fingerprint density at radius 1 is 1.38 bits per heavy atom. The minimum absolute atomic E-state index is 0.0723. The van der Waals surface area contributed by atoms with Gasteiger partial charge >= 0.3 is 0 Å². The quantitative estimate of drug-likeness (QED) is 0.855. The van der Waals surface area contributed by atoms with Gasteiger partial charge in [0.2, 0.25) is 0 Å². The largest absolute Gasteiger partial charge is 0.361 e. The number of rotatable bonds is 3. The van der Waals surface area contributed by atoms with Crippen molar-refractivity contribution in [3.8, 4) is 0 Å². The van der Waals surface area contributed by atoms with Gasteiger partial charge in [0.25, 0.3) is 5.91 Å². The Hall–Kier alpha value is -2.18. The fraction of sp³-hybridized carbons (Fsp3) is 0.571. The fourth-order valence-electron chi connectivity index (χ4n) is 2.81. The number of likely N-dealkylation sites (tertiary alicyclic amines) is 1. The Labute approximate surface area is 121 Å². The van der Waals surface area contributed by atoms with Crippen molar-refractivity contribution in [2.45, 2.75) is 38.1 Å². The van der Waals surface area contributed by atoms with Crippen LogP contribution in [0.5, 0.6) is 0 Å². The number of carbonyl (C=O) groups is 1. The molecule has 1 aliphatic carbocycles. The molecule has 2 aromatic rings. The molecule has 0 N–H and O–H groups in total. The van der Waals surface area contributed by atoms with Gasteiger partial charge in [-0.1, -0.05) is 10.4 Å². The lowest BCUT2D eigenvalue weighted by atomic mass is 10.2. The molecular weight excluding hydrogens is 270 g/mol. The summed E-state index contributed by atoms with van der Waals surface area (Å²) in [6.45, 7) is 3.15. The highest BCUT2D eigenvalue weighted by atomic mass is 16.5. The molecule has 1 saturated carbocycles. The zero-order valence-electron chi connectivity index (χ0n) is 11.9. The normalized spacial score (nSPS) is 22.0. The lowest BCUT2D eigenvalue weighted by molar-refractivity contribution is 0.0776. The monoisotopic (exact) mass is 287 g/mol. The Kier molecular flexibility index (Phi) is 2.80. The standard InChI is InChI=1S/C14H17N5O2/c1-9-6-12(16-21-9)14(20)18-5-4-11(7-18)19-8-13(15-17-19)10-2-3-10/h6,8,10-11H,2-5,7H2,1H3. The third-order valence-corrected chi connectivity index (χ3v) is 4.20. The molecule has 1 saturated heterocycles. The molecule has 3 heterocycles. The summed E-state index contributed by atoms with van der Waals surface area (Å²) in [5, 5.41) is 12.3. The van der Waals surface area contributed by atoms with Gasteiger partial charge in [0, 0.05) is 31.3 Å². The van der Waals surface area contributed by atoms with E-state index in [0.717, 1.165) is 12.1 Å². The molecule has 0 radical (unpaired) electrons. The summed E-state index contributed by atoms with van der Waals surface area (Å²) in [5.74, 6) is 1.19. The van der Waals surface area contributed by atoms with Crippen molar-refractivity contribution in [1.82, 2.24) is 25.1 Å². The zero-order valence-corrected chi connectivity index (χ0v) is 11.9. The summed E-state index contributed by atoms with van der Waals surface area (Å²) in [4.78, 5) is 14.1. The van der Waals surface area contributed by atoms with Crippen molar-refractivity contribution in [1.29, 1.82) is 0 Å². The molecule has 7 nitrogen and oxygen atoms in total. The van der Waals surface area contributed by atoms with Gasteiger partial charge < -0.3 is 9.42 Å². The van der Waals surface area contributed by atoms with E-state index < -0.39 is 0 Å². The number of hydrogen-bond donors (Lipinski definition) is 0. The SMILES string of the molecule is Cc1cc(C(=O)N2CCC(n3cc(C4CC4)nn3)C2)no1. The van der Waals surface area contributed by atoms with Crippen LogP contribution in [0.15, 0.2) is 16.8 Å². The minimum Gasteiger partial charge on any atom is -0.361 e. The van der Waals surface area contributed by atoms with E-state index in [9.17, 15) is 4.79 Å². The lowest BCUT2D eigenvalue weighted by Gasteiger charge is -2.14. The van der Waals surface area contributed by atoms with E-state index >= 15 is 0 Å². The van der Waals surface area contributed by atoms with Crippen molar-refractivity contribution in [3.05, 3.63) is 29.4 Å². The van der Waals surface area contributed by atoms with E-state index in [1.165, 1.54) is 12.8 Å². The maximum atomic E-state index is 12.3. The molecule has 2 aliphatic rings. The van der Waals surface area contributed by atoms with Crippen LogP contribution in [0.25, 0.3) is 0 Å². The van der Waals surface area contributed by atoms with Crippen LogP contribution in [0, 0.1) is 6.92 Å². The van der Waals surface area contributed by atoms with Crippen molar-refractivity contribution >= 4 is 5.91 Å². The van der Waals surface area contributed by atoms with Crippen molar-refractivity contribution < 1.29 is 9.32 Å². The zero-order chi connectivity index (χ0) is 14.4. The van der Waals surface area contributed by atoms with Crippen LogP contribution in [-0.2, 0) is 0 Å². The van der Waals surface area contributed by atoms with Gasteiger partial charge in [-0.2, -0.15) is 0 Å². The molecule has 7 heteroatoms. The van der Waals surface area contributed by atoms with E-state index in [0.29, 0.717) is 30.5 Å². The van der Waals surface area contributed by atoms with E-state index in [4.69, 9.17) is 4.52 Å². The van der Waals surface area contributed by atoms with Gasteiger partial charge in [0.15, 0.2) is 5.69 Å². The van der Waals surface area contributed by atoms with Crippen molar-refractivity contribution in [2.75, 3.05) is 13.1 Å². The van der Waals surface area contributed by atoms with E-state index in [1.807, 2.05) is 10.9 Å². The molecule has 0 aromatic carbocycles. The van der Waals surface area contributed by atoms with E-state index in [-0.39, 0.29) is 11.9 Å². The van der Waals surface area contributed by atoms with Gasteiger partial charge in [0.05, 0.1) is 11.7 Å². The molecule has 110 valence electrons. The first-order chi connectivity index (χ1) is 10.2. The van der Waals surface area contributed by atoms with Crippen LogP contribution in [0.2, 0.25) is 0 Å². The number of carbonyl (C=O) groups excluding carboxylic acids is 1. The third-order valence-electron chi connectivity index (χ3n) is 4.20. The molecule has 1 unspecified atom stereocenters. The molecule has 0 bridgehead atoms. The summed E-state index contributed by atoms with van der Waals surface area (Å²) in [6, 6.07) is 1.89. The topological polar surface area (TPSA) is 77.1 Å². The summed E-state index contributed by atoms with van der Waals surface area (Å²) >= 11 is 0. The first-order valence-corrected chi connectivity index (χ1v) is 7.35. The number of nitrogens with zero attached hydrogens (tertiary/aromatic N) is 5. The molecular formula is C14H17N5O2. The first kappa shape index (κ1) is 12.6. The first-order valence-electron chi connectivity index (χ1n) is 7.35. The average Bonchev–Trinajstić information content (AvgIpc) is 2.94. The molecule has 1 atom stereocenters. The van der Waals surface area contributed by atoms with Gasteiger partial charge in [-0.15, -0.1) is 5.10 Å². The Morgan fingerprint density at radius 2 is 2.24 bits per heavy atom. The molecule has 4 rings (SSSR count). The summed E-state index contributed by atoms with van der Waals surface area (Å²) in [6.07, 6.45) is 5.38. The summed E-state index contributed by atoms with van der Waals surface area (Å²) in [5.41, 5.74) is 1.47. The molecule has 2 fully saturated rings. The highest BCUT2D eigenvalue weighted by Gasteiger charge is 2.32. The van der Waals surface area contributed by atoms with Crippen molar-refractivity contribution in [2.24, 2.45) is 0 Å². The van der Waals surface area contributed by atoms with Gasteiger partial charge in [-0.25, -0.2) is 4.68 Å². The second kappa shape index (κ2) is 4.68. The fourth-order valence-corrected chi connectivity index (χ4v) is 2.81. The van der Waals surface area contributed by atoms with Crippen LogP contribution in [-0.4, -0.2) is 44.0 Å². The molecule has 1 aliphatic heterocycles. The van der Waals surface area contributed by atoms with Gasteiger partial charge in [-0.05, 0) is 26.2 Å². The van der Waals surface area contributed by atoms with Crippen LogP contribution in [0.3, 0.4) is 0 Å². The Bertz CT molecular complexity index is 672. The number of aryl methyl sites for hydroxylation is 1. The third kappa shape index (κ3) is 2.32. The predicted octanol–water partition coefficient (Wildman–Crippen LogP) is 1.54. The summed E-state index contributed by atoms with van der Waals surface area (Å²) in [7, 11) is 0. The van der Waals surface area contributed by atoms with Gasteiger partial charge in [0.1, 0.15) is 5.76 Å². The average molecular weight is 287 g/mol. The maximum Gasteiger partial charge on any atom is 0.276 e. The summed E-state index contributed by atoms with van der Waals surface area (Å²) < 4.78 is 6.88. The Balaban J connectivity index is 1.45. The minimum atomic E-state index is -0.0723. The second-order valence-electron chi connectivity index (χ2n) is 5.91. The lowest BCUT2D eigenvalue weighted by Crippen LogP contribution is -2.29. The molecule has 0 spiro atoms. The maximum absolute atomic E-state index is 12.3. The van der Waals surface area contributed by atoms with Crippen LogP contribution in [0.4, 0.5) is 0 Å². The predicted molar refractivity (Wildman–Crippen MR) is 72.8 cm³/mol. The van der Waals surface area contributed by atoms with E-state index in [1.54, 1.807) is 17.9 Å². The van der Waals surface area contributed by atoms with Crippen molar-refractivity contribution in [3.63, 3.8) is 0 Å². The van der Waals surface area contributed by atoms with Crippen LogP contribution >= 0.6 is 0 Å². The second-order valence-corrected chi connectivity index (χ2v) is 5.91. The van der Waals surface area contributed by atoms with Crippen LogP contribution < -0.4 is 0 Å². The molecule has 1 amide bonds. The number of aromatic nitrogens is 4. The van der Waals surface area contributed by atoms with Gasteiger partial charge in [-0.3, -0.25) is 4.79 Å². The molecule has 2 aromatic heterocycles. The smallest absolute Gasteiger partial charge is 0.276 e. The highest BCUT2D eigenvalue weighted by Crippen LogP contribution is 2.39. The van der Waals surface area contributed by atoms with E-state index in [2.05, 4.69) is 15.5 Å². The Morgan fingerprint density at radius 3 is 2.95 bits per heavy atom. The van der Waals surface area contributed by atoms with Crippen LogP contribution in [0.1, 0.15) is 53.2 Å². The number of hydrogen-bond acceptors (Lipinski definition) is 5. The highest BCUT2D eigenvalue weighted by molar-refractivity contribution is 5.92. The number of amides is 1.